The van der Waals surface area contributed by atoms with E-state index in [0.29, 0.717) is 6.61 Å². The minimum absolute atomic E-state index is 0.642. The molecule has 0 bridgehead atoms. The number of hydrogen-bond acceptors (Lipinski definition) is 2. The Morgan fingerprint density at radius 2 is 2.00 bits per heavy atom. The Morgan fingerprint density at radius 3 is 2.63 bits per heavy atom. The molecule has 2 heteroatoms. The first-order chi connectivity index (χ1) is 9.18. The zero-order chi connectivity index (χ0) is 13.7. The number of aliphatic hydroxyl groups is 1. The molecule has 0 saturated heterocycles. The van der Waals surface area contributed by atoms with Gasteiger partial charge in [-0.15, -0.1) is 0 Å². The zero-order valence-electron chi connectivity index (χ0n) is 12.2. The first-order valence-corrected chi connectivity index (χ1v) is 7.63. The van der Waals surface area contributed by atoms with Crippen molar-refractivity contribution in [2.75, 3.05) is 6.61 Å². The van der Waals surface area contributed by atoms with E-state index >= 15 is 0 Å². The molecule has 1 saturated carbocycles. The first-order valence-electron chi connectivity index (χ1n) is 7.63. The lowest BCUT2D eigenvalue weighted by atomic mass is 9.74. The molecule has 1 aromatic rings. The van der Waals surface area contributed by atoms with Crippen LogP contribution in [0.25, 0.3) is 0 Å². The van der Waals surface area contributed by atoms with E-state index < -0.39 is 5.60 Å². The van der Waals surface area contributed by atoms with Gasteiger partial charge in [0.2, 0.25) is 0 Å². The molecular formula is C17H26O2. The Balaban J connectivity index is 2.06. The molecule has 1 N–H and O–H groups in total. The van der Waals surface area contributed by atoms with Gasteiger partial charge in [-0.1, -0.05) is 31.9 Å². The smallest absolute Gasteiger partial charge is 0.119 e. The van der Waals surface area contributed by atoms with Crippen LogP contribution in [0.5, 0.6) is 5.75 Å². The molecule has 0 radical (unpaired) electrons. The average Bonchev–Trinajstić information content (AvgIpc) is 2.43. The van der Waals surface area contributed by atoms with Crippen molar-refractivity contribution in [2.45, 2.75) is 58.0 Å². The van der Waals surface area contributed by atoms with E-state index in [2.05, 4.69) is 6.92 Å². The summed E-state index contributed by atoms with van der Waals surface area (Å²) in [4.78, 5) is 0. The first kappa shape index (κ1) is 14.4. The molecule has 2 nitrogen and oxygen atoms in total. The lowest BCUT2D eigenvalue weighted by Crippen LogP contribution is -2.31. The van der Waals surface area contributed by atoms with Crippen molar-refractivity contribution in [3.63, 3.8) is 0 Å². The van der Waals surface area contributed by atoms with Gasteiger partial charge in [0.1, 0.15) is 5.75 Å². The van der Waals surface area contributed by atoms with Crippen LogP contribution in [0.4, 0.5) is 0 Å². The maximum Gasteiger partial charge on any atom is 0.119 e. The molecule has 2 rings (SSSR count). The molecule has 1 aliphatic rings. The predicted octanol–water partition coefficient (Wildman–Crippen LogP) is 4.26. The highest BCUT2D eigenvalue weighted by molar-refractivity contribution is 5.32. The summed E-state index contributed by atoms with van der Waals surface area (Å²) >= 11 is 0. The van der Waals surface area contributed by atoms with Crippen molar-refractivity contribution in [3.8, 4) is 5.75 Å². The Bertz CT molecular complexity index is 392. The third-order valence-electron chi connectivity index (χ3n) is 4.31. The molecular weight excluding hydrogens is 236 g/mol. The van der Waals surface area contributed by atoms with Crippen molar-refractivity contribution < 1.29 is 9.84 Å². The molecule has 0 amide bonds. The van der Waals surface area contributed by atoms with Gasteiger partial charge in [0, 0.05) is 0 Å². The maximum absolute atomic E-state index is 10.9. The number of benzene rings is 1. The second-order valence-electron chi connectivity index (χ2n) is 5.72. The summed E-state index contributed by atoms with van der Waals surface area (Å²) in [6.07, 6.45) is 6.60. The SMILES string of the molecule is CCCC1CCC(O)(c2cccc(OCC)c2)CC1. The van der Waals surface area contributed by atoms with Crippen molar-refractivity contribution in [3.05, 3.63) is 29.8 Å². The van der Waals surface area contributed by atoms with E-state index in [1.165, 1.54) is 12.8 Å². The van der Waals surface area contributed by atoms with Crippen molar-refractivity contribution >= 4 is 0 Å². The average molecular weight is 262 g/mol. The van der Waals surface area contributed by atoms with Crippen LogP contribution in [-0.2, 0) is 5.60 Å². The molecule has 0 heterocycles. The van der Waals surface area contributed by atoms with Gasteiger partial charge >= 0.3 is 0 Å². The summed E-state index contributed by atoms with van der Waals surface area (Å²) in [5.41, 5.74) is 0.380. The number of ether oxygens (including phenoxy) is 1. The third-order valence-corrected chi connectivity index (χ3v) is 4.31. The van der Waals surface area contributed by atoms with E-state index in [9.17, 15) is 5.11 Å². The summed E-state index contributed by atoms with van der Waals surface area (Å²) in [7, 11) is 0. The van der Waals surface area contributed by atoms with E-state index in [-0.39, 0.29) is 0 Å². The van der Waals surface area contributed by atoms with Crippen molar-refractivity contribution in [1.82, 2.24) is 0 Å². The standard InChI is InChI=1S/C17H26O2/c1-3-6-14-9-11-17(18,12-10-14)15-7-5-8-16(13-15)19-4-2/h5,7-8,13-14,18H,3-4,6,9-12H2,1-2H3. The molecule has 1 aromatic carbocycles. The van der Waals surface area contributed by atoms with Gasteiger partial charge < -0.3 is 9.84 Å². The Labute approximate surface area is 116 Å². The van der Waals surface area contributed by atoms with E-state index in [4.69, 9.17) is 4.74 Å². The van der Waals surface area contributed by atoms with E-state index in [0.717, 1.165) is 42.9 Å². The van der Waals surface area contributed by atoms with Crippen molar-refractivity contribution in [1.29, 1.82) is 0 Å². The fourth-order valence-electron chi connectivity index (χ4n) is 3.18. The monoisotopic (exact) mass is 262 g/mol. The molecule has 0 unspecified atom stereocenters. The fourth-order valence-corrected chi connectivity index (χ4v) is 3.18. The van der Waals surface area contributed by atoms with Gasteiger partial charge in [-0.05, 0) is 56.2 Å². The number of rotatable bonds is 5. The lowest BCUT2D eigenvalue weighted by Gasteiger charge is -2.36. The topological polar surface area (TPSA) is 29.5 Å². The summed E-state index contributed by atoms with van der Waals surface area (Å²) in [5.74, 6) is 1.67. The van der Waals surface area contributed by atoms with Gasteiger partial charge in [-0.3, -0.25) is 0 Å². The summed E-state index contributed by atoms with van der Waals surface area (Å²) in [6.45, 7) is 4.89. The zero-order valence-corrected chi connectivity index (χ0v) is 12.2. The van der Waals surface area contributed by atoms with Gasteiger partial charge in [0.15, 0.2) is 0 Å². The molecule has 106 valence electrons. The normalized spacial score (nSPS) is 27.2. The van der Waals surface area contributed by atoms with E-state index in [1.807, 2.05) is 31.2 Å². The molecule has 0 aliphatic heterocycles. The minimum Gasteiger partial charge on any atom is -0.494 e. The highest BCUT2D eigenvalue weighted by Gasteiger charge is 2.34. The van der Waals surface area contributed by atoms with Crippen LogP contribution >= 0.6 is 0 Å². The maximum atomic E-state index is 10.9. The van der Waals surface area contributed by atoms with Gasteiger partial charge in [-0.25, -0.2) is 0 Å². The quantitative estimate of drug-likeness (QED) is 0.859. The molecule has 1 aliphatic carbocycles. The highest BCUT2D eigenvalue weighted by Crippen LogP contribution is 2.41. The third kappa shape index (κ3) is 3.50. The highest BCUT2D eigenvalue weighted by atomic mass is 16.5. The second kappa shape index (κ2) is 6.42. The fraction of sp³-hybridized carbons (Fsp3) is 0.647. The Hall–Kier alpha value is -1.02. The molecule has 19 heavy (non-hydrogen) atoms. The minimum atomic E-state index is -0.642. The summed E-state index contributed by atoms with van der Waals surface area (Å²) < 4.78 is 5.53. The van der Waals surface area contributed by atoms with Gasteiger partial charge in [-0.2, -0.15) is 0 Å². The van der Waals surface area contributed by atoms with Gasteiger partial charge in [0.05, 0.1) is 12.2 Å². The lowest BCUT2D eigenvalue weighted by molar-refractivity contribution is -0.0154. The molecule has 1 fully saturated rings. The number of hydrogen-bond donors (Lipinski definition) is 1. The van der Waals surface area contributed by atoms with Crippen LogP contribution in [0.3, 0.4) is 0 Å². The van der Waals surface area contributed by atoms with Crippen molar-refractivity contribution in [2.24, 2.45) is 5.92 Å². The van der Waals surface area contributed by atoms with Crippen LogP contribution in [0.2, 0.25) is 0 Å². The Morgan fingerprint density at radius 1 is 1.26 bits per heavy atom. The largest absolute Gasteiger partial charge is 0.494 e. The van der Waals surface area contributed by atoms with E-state index in [1.54, 1.807) is 0 Å². The Kier molecular flexibility index (Phi) is 4.87. The molecule has 0 aromatic heterocycles. The molecule has 0 spiro atoms. The summed E-state index contributed by atoms with van der Waals surface area (Å²) in [6, 6.07) is 7.97. The van der Waals surface area contributed by atoms with Crippen LogP contribution in [-0.4, -0.2) is 11.7 Å². The van der Waals surface area contributed by atoms with Crippen LogP contribution in [0, 0.1) is 5.92 Å². The predicted molar refractivity (Wildman–Crippen MR) is 78.4 cm³/mol. The van der Waals surface area contributed by atoms with Crippen LogP contribution in [0.1, 0.15) is 57.9 Å². The van der Waals surface area contributed by atoms with Gasteiger partial charge in [0.25, 0.3) is 0 Å². The molecule has 0 atom stereocenters. The summed E-state index contributed by atoms with van der Waals surface area (Å²) in [5, 5.41) is 10.9. The van der Waals surface area contributed by atoms with Crippen LogP contribution < -0.4 is 4.74 Å². The van der Waals surface area contributed by atoms with Crippen LogP contribution in [0.15, 0.2) is 24.3 Å². The second-order valence-corrected chi connectivity index (χ2v) is 5.72.